The molecule has 1 atom stereocenters. The second-order valence-electron chi connectivity index (χ2n) is 5.34. The van der Waals surface area contributed by atoms with Crippen LogP contribution in [0.4, 0.5) is 15.8 Å². The summed E-state index contributed by atoms with van der Waals surface area (Å²) in [5, 5.41) is 14.0. The van der Waals surface area contributed by atoms with Crippen molar-refractivity contribution >= 4 is 11.4 Å². The molecule has 0 amide bonds. The average molecular weight is 268 g/mol. The number of ether oxygens (including phenoxy) is 1. The SMILES string of the molecule is CC1(C)CC(Nc2cccc(F)c2[N+](=O)[O-])CCO1. The molecule has 0 aromatic heterocycles. The van der Waals surface area contributed by atoms with E-state index in [1.54, 1.807) is 0 Å². The van der Waals surface area contributed by atoms with E-state index in [-0.39, 0.29) is 17.3 Å². The lowest BCUT2D eigenvalue weighted by atomic mass is 9.93. The van der Waals surface area contributed by atoms with Gasteiger partial charge < -0.3 is 10.1 Å². The molecule has 0 aliphatic carbocycles. The minimum absolute atomic E-state index is 0.0456. The Morgan fingerprint density at radius 1 is 1.53 bits per heavy atom. The Morgan fingerprint density at radius 3 is 2.89 bits per heavy atom. The maximum absolute atomic E-state index is 13.5. The summed E-state index contributed by atoms with van der Waals surface area (Å²) in [5.74, 6) is -0.818. The monoisotopic (exact) mass is 268 g/mol. The third kappa shape index (κ3) is 3.20. The molecule has 0 saturated carbocycles. The second-order valence-corrected chi connectivity index (χ2v) is 5.34. The molecule has 1 N–H and O–H groups in total. The van der Waals surface area contributed by atoms with Gasteiger partial charge in [-0.1, -0.05) is 6.07 Å². The van der Waals surface area contributed by atoms with Crippen LogP contribution >= 0.6 is 0 Å². The molecular weight excluding hydrogens is 251 g/mol. The lowest BCUT2D eigenvalue weighted by molar-refractivity contribution is -0.386. The van der Waals surface area contributed by atoms with Crippen molar-refractivity contribution in [3.8, 4) is 0 Å². The number of nitrogens with one attached hydrogen (secondary N) is 1. The van der Waals surface area contributed by atoms with Crippen LogP contribution in [0, 0.1) is 15.9 Å². The Kier molecular flexibility index (Phi) is 3.71. The first-order chi connectivity index (χ1) is 8.89. The minimum atomic E-state index is -0.818. The maximum Gasteiger partial charge on any atom is 0.327 e. The minimum Gasteiger partial charge on any atom is -0.376 e. The number of nitrogens with zero attached hydrogens (tertiary/aromatic N) is 1. The molecule has 104 valence electrons. The molecule has 1 heterocycles. The lowest BCUT2D eigenvalue weighted by Gasteiger charge is -2.36. The molecular formula is C13H17FN2O3. The van der Waals surface area contributed by atoms with Gasteiger partial charge in [-0.15, -0.1) is 0 Å². The van der Waals surface area contributed by atoms with Crippen LogP contribution in [0.1, 0.15) is 26.7 Å². The Morgan fingerprint density at radius 2 is 2.26 bits per heavy atom. The third-order valence-electron chi connectivity index (χ3n) is 3.23. The zero-order valence-corrected chi connectivity index (χ0v) is 11.0. The van der Waals surface area contributed by atoms with E-state index in [1.807, 2.05) is 13.8 Å². The summed E-state index contributed by atoms with van der Waals surface area (Å²) in [4.78, 5) is 10.2. The fourth-order valence-electron chi connectivity index (χ4n) is 2.39. The molecule has 0 radical (unpaired) electrons. The van der Waals surface area contributed by atoms with Crippen LogP contribution in [0.2, 0.25) is 0 Å². The van der Waals surface area contributed by atoms with E-state index in [1.165, 1.54) is 12.1 Å². The molecule has 1 unspecified atom stereocenters. The van der Waals surface area contributed by atoms with Crippen molar-refractivity contribution < 1.29 is 14.1 Å². The summed E-state index contributed by atoms with van der Waals surface area (Å²) in [5.41, 5.74) is -0.530. The van der Waals surface area contributed by atoms with Gasteiger partial charge >= 0.3 is 5.69 Å². The number of hydrogen-bond acceptors (Lipinski definition) is 4. The van der Waals surface area contributed by atoms with Crippen molar-refractivity contribution in [1.82, 2.24) is 0 Å². The van der Waals surface area contributed by atoms with E-state index in [0.29, 0.717) is 6.61 Å². The molecule has 0 bridgehead atoms. The molecule has 1 fully saturated rings. The number of para-hydroxylation sites is 1. The second kappa shape index (κ2) is 5.13. The Balaban J connectivity index is 2.19. The highest BCUT2D eigenvalue weighted by atomic mass is 19.1. The van der Waals surface area contributed by atoms with Gasteiger partial charge in [-0.25, -0.2) is 0 Å². The van der Waals surface area contributed by atoms with Crippen LogP contribution in [-0.4, -0.2) is 23.2 Å². The van der Waals surface area contributed by atoms with Crippen LogP contribution < -0.4 is 5.32 Å². The topological polar surface area (TPSA) is 64.4 Å². The summed E-state index contributed by atoms with van der Waals surface area (Å²) in [6.07, 6.45) is 1.47. The lowest BCUT2D eigenvalue weighted by Crippen LogP contribution is -2.40. The number of nitro benzene ring substituents is 1. The molecule has 1 saturated heterocycles. The highest BCUT2D eigenvalue weighted by molar-refractivity contribution is 5.62. The highest BCUT2D eigenvalue weighted by Crippen LogP contribution is 2.31. The summed E-state index contributed by atoms with van der Waals surface area (Å²) in [6.45, 7) is 4.54. The number of anilines is 1. The van der Waals surface area contributed by atoms with Gasteiger partial charge in [0.1, 0.15) is 5.69 Å². The summed E-state index contributed by atoms with van der Waals surface area (Å²) < 4.78 is 19.1. The fourth-order valence-corrected chi connectivity index (χ4v) is 2.39. The van der Waals surface area contributed by atoms with Crippen LogP contribution in [0.15, 0.2) is 18.2 Å². The van der Waals surface area contributed by atoms with E-state index in [2.05, 4.69) is 5.32 Å². The van der Waals surface area contributed by atoms with Gasteiger partial charge in [0.25, 0.3) is 0 Å². The first-order valence-corrected chi connectivity index (χ1v) is 6.22. The molecule has 19 heavy (non-hydrogen) atoms. The number of rotatable bonds is 3. The van der Waals surface area contributed by atoms with E-state index in [4.69, 9.17) is 4.74 Å². The van der Waals surface area contributed by atoms with Crippen molar-refractivity contribution in [3.05, 3.63) is 34.1 Å². The summed E-state index contributed by atoms with van der Waals surface area (Å²) >= 11 is 0. The van der Waals surface area contributed by atoms with Crippen molar-refractivity contribution in [2.75, 3.05) is 11.9 Å². The van der Waals surface area contributed by atoms with Crippen LogP contribution in [0.3, 0.4) is 0 Å². The van der Waals surface area contributed by atoms with Gasteiger partial charge in [-0.2, -0.15) is 4.39 Å². The fraction of sp³-hybridized carbons (Fsp3) is 0.538. The first kappa shape index (κ1) is 13.7. The standard InChI is InChI=1S/C13H17FN2O3/c1-13(2)8-9(6-7-19-13)15-11-5-3-4-10(14)12(11)16(17)18/h3-5,9,15H,6-8H2,1-2H3. The van der Waals surface area contributed by atoms with Crippen molar-refractivity contribution in [3.63, 3.8) is 0 Å². The molecule has 5 nitrogen and oxygen atoms in total. The van der Waals surface area contributed by atoms with Crippen LogP contribution in [0.5, 0.6) is 0 Å². The van der Waals surface area contributed by atoms with Crippen LogP contribution in [-0.2, 0) is 4.74 Å². The van der Waals surface area contributed by atoms with Crippen LogP contribution in [0.25, 0.3) is 0 Å². The van der Waals surface area contributed by atoms with E-state index >= 15 is 0 Å². The Bertz CT molecular complexity index is 491. The zero-order valence-electron chi connectivity index (χ0n) is 11.0. The highest BCUT2D eigenvalue weighted by Gasteiger charge is 2.30. The molecule has 0 spiro atoms. The Hall–Kier alpha value is -1.69. The number of nitro groups is 1. The number of benzene rings is 1. The van der Waals surface area contributed by atoms with Gasteiger partial charge in [-0.3, -0.25) is 10.1 Å². The summed E-state index contributed by atoms with van der Waals surface area (Å²) in [7, 11) is 0. The predicted octanol–water partition coefficient (Wildman–Crippen LogP) is 3.10. The van der Waals surface area contributed by atoms with Crippen molar-refractivity contribution in [1.29, 1.82) is 0 Å². The zero-order chi connectivity index (χ0) is 14.0. The van der Waals surface area contributed by atoms with E-state index < -0.39 is 16.4 Å². The maximum atomic E-state index is 13.5. The van der Waals surface area contributed by atoms with Gasteiger partial charge in [0, 0.05) is 12.6 Å². The van der Waals surface area contributed by atoms with Crippen molar-refractivity contribution in [2.24, 2.45) is 0 Å². The van der Waals surface area contributed by atoms with Gasteiger partial charge in [0.2, 0.25) is 5.82 Å². The molecule has 6 heteroatoms. The van der Waals surface area contributed by atoms with E-state index in [9.17, 15) is 14.5 Å². The average Bonchev–Trinajstić information content (AvgIpc) is 2.26. The van der Waals surface area contributed by atoms with Gasteiger partial charge in [-0.05, 0) is 38.8 Å². The molecule has 1 aliphatic heterocycles. The normalized spacial score (nSPS) is 21.9. The smallest absolute Gasteiger partial charge is 0.327 e. The largest absolute Gasteiger partial charge is 0.376 e. The van der Waals surface area contributed by atoms with Gasteiger partial charge in [0.15, 0.2) is 0 Å². The van der Waals surface area contributed by atoms with Gasteiger partial charge in [0.05, 0.1) is 10.5 Å². The summed E-state index contributed by atoms with van der Waals surface area (Å²) in [6, 6.07) is 4.14. The molecule has 1 aromatic rings. The molecule has 1 aliphatic rings. The molecule has 2 rings (SSSR count). The number of hydrogen-bond donors (Lipinski definition) is 1. The quantitative estimate of drug-likeness (QED) is 0.675. The van der Waals surface area contributed by atoms with Crippen molar-refractivity contribution in [2.45, 2.75) is 38.3 Å². The third-order valence-corrected chi connectivity index (χ3v) is 3.23. The number of halogens is 1. The predicted molar refractivity (Wildman–Crippen MR) is 69.7 cm³/mol. The Labute approximate surface area is 110 Å². The van der Waals surface area contributed by atoms with E-state index in [0.717, 1.165) is 18.9 Å². The first-order valence-electron chi connectivity index (χ1n) is 6.22. The molecule has 1 aromatic carbocycles.